The molecular weight excluding hydrogens is 416 g/mol. The number of rotatable bonds is 6. The molecule has 0 bridgehead atoms. The largest absolute Gasteiger partial charge is 0.748 e. The normalized spacial score (nSPS) is 19.5. The molecule has 3 rings (SSSR count). The van der Waals surface area contributed by atoms with Gasteiger partial charge in [0.05, 0.1) is 32.9 Å². The third kappa shape index (κ3) is 6.35. The van der Waals surface area contributed by atoms with E-state index in [2.05, 4.69) is 40.7 Å². The maximum atomic E-state index is 11.3. The first-order valence-electron chi connectivity index (χ1n) is 10.5. The van der Waals surface area contributed by atoms with Crippen molar-refractivity contribution in [1.82, 2.24) is 0 Å². The van der Waals surface area contributed by atoms with Crippen molar-refractivity contribution in [2.75, 3.05) is 6.54 Å². The Labute approximate surface area is 185 Å². The van der Waals surface area contributed by atoms with E-state index in [4.69, 9.17) is 0 Å². The molecule has 1 N–H and O–H groups in total. The third-order valence-corrected chi connectivity index (χ3v) is 6.74. The lowest BCUT2D eigenvalue weighted by atomic mass is 9.86. The van der Waals surface area contributed by atoms with Gasteiger partial charge in [-0.2, -0.15) is 0 Å². The minimum absolute atomic E-state index is 0.00331. The van der Waals surface area contributed by atoms with Crippen LogP contribution in [0.25, 0.3) is 0 Å². The Morgan fingerprint density at radius 2 is 1.71 bits per heavy atom. The smallest absolute Gasteiger partial charge is 0.279 e. The van der Waals surface area contributed by atoms with Gasteiger partial charge in [-0.05, 0) is 43.9 Å². The zero-order chi connectivity index (χ0) is 23.4. The summed E-state index contributed by atoms with van der Waals surface area (Å²) in [4.78, 5) is 12.4. The molecule has 1 aliphatic heterocycles. The molecule has 170 valence electrons. The predicted octanol–water partition coefficient (Wildman–Crippen LogP) is 3.78. The van der Waals surface area contributed by atoms with Crippen LogP contribution in [0.15, 0.2) is 48.5 Å². The molecule has 31 heavy (non-hydrogen) atoms. The number of quaternary nitrogens is 1. The molecule has 0 saturated heterocycles. The van der Waals surface area contributed by atoms with E-state index in [-0.39, 0.29) is 22.1 Å². The van der Waals surface area contributed by atoms with Gasteiger partial charge in [0.15, 0.2) is 0 Å². The Morgan fingerprint density at radius 3 is 2.23 bits per heavy atom. The monoisotopic (exact) mass is 448 g/mol. The summed E-state index contributed by atoms with van der Waals surface area (Å²) in [6.07, 6.45) is 1.13. The summed E-state index contributed by atoms with van der Waals surface area (Å²) in [5, 5.41) is 11.3. The molecule has 0 spiro atoms. The zero-order valence-electron chi connectivity index (χ0n) is 18.8. The lowest BCUT2D eigenvalue weighted by Gasteiger charge is -2.31. The molecule has 0 amide bonds. The van der Waals surface area contributed by atoms with E-state index in [1.165, 1.54) is 4.90 Å². The van der Waals surface area contributed by atoms with Crippen molar-refractivity contribution in [3.05, 3.63) is 69.8 Å². The van der Waals surface area contributed by atoms with Crippen LogP contribution < -0.4 is 4.90 Å². The Morgan fingerprint density at radius 1 is 1.10 bits per heavy atom. The standard InChI is InChI=1S/C16H24N2O2.C7H8O3S/c1-11(2)9-10-17-13-7-6-8-14(18(19)20)15(13)12(3)16(17,4)5;8-11(9,10)6-7-4-2-1-3-5-7/h6-8,11-12H,9-10H2,1-5H3;1-5H,6H2,(H,8,9,10). The number of hydrogen-bond acceptors (Lipinski definition) is 5. The van der Waals surface area contributed by atoms with Gasteiger partial charge < -0.3 is 4.55 Å². The number of nitro benzene ring substituents is 1. The van der Waals surface area contributed by atoms with E-state index in [0.29, 0.717) is 11.5 Å². The van der Waals surface area contributed by atoms with Gasteiger partial charge in [-0.25, -0.2) is 8.42 Å². The number of fused-ring (bicyclic) bond motifs is 1. The highest BCUT2D eigenvalue weighted by Crippen LogP contribution is 2.41. The zero-order valence-corrected chi connectivity index (χ0v) is 19.6. The average Bonchev–Trinajstić information content (AvgIpc) is 2.86. The molecule has 8 heteroatoms. The highest BCUT2D eigenvalue weighted by Gasteiger charge is 2.50. The molecule has 0 fully saturated rings. The van der Waals surface area contributed by atoms with E-state index < -0.39 is 15.9 Å². The van der Waals surface area contributed by atoms with Gasteiger partial charge in [0.2, 0.25) is 0 Å². The van der Waals surface area contributed by atoms with Crippen molar-refractivity contribution in [2.45, 2.75) is 58.2 Å². The van der Waals surface area contributed by atoms with E-state index in [1.807, 2.05) is 6.07 Å². The second-order valence-corrected chi connectivity index (χ2v) is 10.4. The van der Waals surface area contributed by atoms with Crippen LogP contribution >= 0.6 is 0 Å². The Balaban J connectivity index is 0.000000262. The first kappa shape index (κ1) is 25.0. The molecule has 1 heterocycles. The summed E-state index contributed by atoms with van der Waals surface area (Å²) in [6.45, 7) is 12.0. The lowest BCUT2D eigenvalue weighted by molar-refractivity contribution is -0.881. The van der Waals surface area contributed by atoms with Crippen molar-refractivity contribution in [1.29, 1.82) is 0 Å². The molecule has 2 aromatic carbocycles. The molecule has 0 saturated carbocycles. The van der Waals surface area contributed by atoms with Crippen LogP contribution in [0, 0.1) is 16.0 Å². The van der Waals surface area contributed by atoms with Crippen LogP contribution in [0.1, 0.15) is 58.1 Å². The molecule has 2 atom stereocenters. The van der Waals surface area contributed by atoms with Crippen molar-refractivity contribution in [2.24, 2.45) is 5.92 Å². The van der Waals surface area contributed by atoms with Crippen LogP contribution in [-0.2, 0) is 15.9 Å². The average molecular weight is 449 g/mol. The van der Waals surface area contributed by atoms with Gasteiger partial charge in [0, 0.05) is 12.0 Å². The molecular formula is C23H32N2O5S. The minimum atomic E-state index is -4.13. The van der Waals surface area contributed by atoms with Gasteiger partial charge >= 0.3 is 0 Å². The molecule has 2 unspecified atom stereocenters. The summed E-state index contributed by atoms with van der Waals surface area (Å²) in [6, 6.07) is 13.9. The van der Waals surface area contributed by atoms with Crippen LogP contribution in [0.2, 0.25) is 0 Å². The number of nitro groups is 1. The molecule has 1 aliphatic rings. The molecule has 0 aromatic heterocycles. The van der Waals surface area contributed by atoms with Crippen LogP contribution in [0.4, 0.5) is 11.4 Å². The predicted molar refractivity (Wildman–Crippen MR) is 120 cm³/mol. The number of nitrogens with one attached hydrogen (secondary N) is 1. The van der Waals surface area contributed by atoms with Crippen LogP contribution in [0.3, 0.4) is 0 Å². The van der Waals surface area contributed by atoms with Crippen LogP contribution in [0.5, 0.6) is 0 Å². The van der Waals surface area contributed by atoms with E-state index in [1.54, 1.807) is 36.4 Å². The quantitative estimate of drug-likeness (QED) is 0.411. The maximum Gasteiger partial charge on any atom is 0.279 e. The van der Waals surface area contributed by atoms with Gasteiger partial charge in [-0.15, -0.1) is 0 Å². The van der Waals surface area contributed by atoms with E-state index >= 15 is 0 Å². The maximum absolute atomic E-state index is 11.3. The molecule has 2 aromatic rings. The number of benzene rings is 2. The highest BCUT2D eigenvalue weighted by molar-refractivity contribution is 7.84. The summed E-state index contributed by atoms with van der Waals surface area (Å²) in [7, 11) is -4.13. The molecule has 7 nitrogen and oxygen atoms in total. The second kappa shape index (κ2) is 9.89. The number of nitrogens with zero attached hydrogens (tertiary/aromatic N) is 1. The van der Waals surface area contributed by atoms with Crippen molar-refractivity contribution in [3.63, 3.8) is 0 Å². The first-order valence-corrected chi connectivity index (χ1v) is 12.0. The number of hydrogen-bond donors (Lipinski definition) is 1. The van der Waals surface area contributed by atoms with E-state index in [0.717, 1.165) is 24.2 Å². The Kier molecular flexibility index (Phi) is 7.97. The SMILES string of the molecule is CC(C)CC[NH+]1c2cccc([N+](=O)[O-])c2C(C)C1(C)C.O=S(=O)([O-])Cc1ccccc1. The highest BCUT2D eigenvalue weighted by atomic mass is 32.2. The molecule has 0 aliphatic carbocycles. The van der Waals surface area contributed by atoms with Gasteiger partial charge in [0.25, 0.3) is 5.69 Å². The summed E-state index contributed by atoms with van der Waals surface area (Å²) >= 11 is 0. The van der Waals surface area contributed by atoms with Crippen molar-refractivity contribution < 1.29 is 22.8 Å². The second-order valence-electron chi connectivity index (χ2n) is 9.04. The minimum Gasteiger partial charge on any atom is -0.748 e. The van der Waals surface area contributed by atoms with Crippen LogP contribution in [-0.4, -0.2) is 30.0 Å². The van der Waals surface area contributed by atoms with Crippen molar-refractivity contribution >= 4 is 21.5 Å². The summed E-state index contributed by atoms with van der Waals surface area (Å²) in [5.74, 6) is 0.422. The first-order chi connectivity index (χ1) is 14.3. The fourth-order valence-corrected chi connectivity index (χ4v) is 4.67. The topological polar surface area (TPSA) is 105 Å². The molecule has 0 radical (unpaired) electrons. The Hall–Kier alpha value is -2.29. The fourth-order valence-electron chi connectivity index (χ4n) is 4.07. The summed E-state index contributed by atoms with van der Waals surface area (Å²) < 4.78 is 30.7. The van der Waals surface area contributed by atoms with E-state index in [9.17, 15) is 23.1 Å². The summed E-state index contributed by atoms with van der Waals surface area (Å²) in [5.41, 5.74) is 2.87. The third-order valence-electron chi connectivity index (χ3n) is 6.06. The van der Waals surface area contributed by atoms with Crippen molar-refractivity contribution in [3.8, 4) is 0 Å². The van der Waals surface area contributed by atoms with Gasteiger partial charge in [0.1, 0.15) is 11.2 Å². The van der Waals surface area contributed by atoms with Gasteiger partial charge in [-0.3, -0.25) is 15.0 Å². The Bertz CT molecular complexity index is 1000. The van der Waals surface area contributed by atoms with Gasteiger partial charge in [-0.1, -0.05) is 51.1 Å². The fraction of sp³-hybridized carbons (Fsp3) is 0.478. The lowest BCUT2D eigenvalue weighted by Crippen LogP contribution is -3.14.